The summed E-state index contributed by atoms with van der Waals surface area (Å²) in [4.78, 5) is 2.04. The number of likely N-dealkylation sites (tertiary alicyclic amines) is 1. The van der Waals surface area contributed by atoms with Gasteiger partial charge in [-0.3, -0.25) is 4.90 Å². The summed E-state index contributed by atoms with van der Waals surface area (Å²) in [6.45, 7) is 3.41. The van der Waals surface area contributed by atoms with Gasteiger partial charge in [-0.1, -0.05) is 0 Å². The lowest BCUT2D eigenvalue weighted by atomic mass is 10.3. The van der Waals surface area contributed by atoms with E-state index in [2.05, 4.69) is 12.6 Å². The molecule has 1 unspecified atom stereocenters. The zero-order chi connectivity index (χ0) is 6.85. The molecule has 1 fully saturated rings. The molecule has 1 nitrogen and oxygen atoms in total. The highest BCUT2D eigenvalue weighted by Gasteiger charge is 2.23. The normalized spacial score (nSPS) is 33.0. The van der Waals surface area contributed by atoms with Crippen molar-refractivity contribution in [1.29, 1.82) is 0 Å². The second-order valence-corrected chi connectivity index (χ2v) is 3.26. The Bertz CT molecular complexity index is 97.1. The highest BCUT2D eigenvalue weighted by molar-refractivity contribution is 7.80. The summed E-state index contributed by atoms with van der Waals surface area (Å²) in [6.07, 6.45) is 0.0739. The lowest BCUT2D eigenvalue weighted by Crippen LogP contribution is -2.26. The Morgan fingerprint density at radius 2 is 2.44 bits per heavy atom. The molecule has 0 spiro atoms. The van der Waals surface area contributed by atoms with Gasteiger partial charge in [-0.25, -0.2) is 4.39 Å². The zero-order valence-corrected chi connectivity index (χ0v) is 6.44. The van der Waals surface area contributed by atoms with E-state index in [1.807, 2.05) is 11.8 Å². The van der Waals surface area contributed by atoms with E-state index in [9.17, 15) is 4.39 Å². The highest BCUT2D eigenvalue weighted by atomic mass is 32.1. The van der Waals surface area contributed by atoms with Gasteiger partial charge in [0, 0.05) is 18.5 Å². The van der Waals surface area contributed by atoms with Crippen LogP contribution in [0.4, 0.5) is 4.39 Å². The highest BCUT2D eigenvalue weighted by Crippen LogP contribution is 2.16. The summed E-state index contributed by atoms with van der Waals surface area (Å²) >= 11 is 4.19. The predicted molar refractivity (Wildman–Crippen MR) is 39.5 cm³/mol. The van der Waals surface area contributed by atoms with Crippen LogP contribution in [0.3, 0.4) is 0 Å². The van der Waals surface area contributed by atoms with Gasteiger partial charge in [-0.2, -0.15) is 12.6 Å². The van der Waals surface area contributed by atoms with Crippen molar-refractivity contribution in [3.8, 4) is 0 Å². The first-order valence-electron chi connectivity index (χ1n) is 3.26. The molecule has 1 rings (SSSR count). The summed E-state index contributed by atoms with van der Waals surface area (Å²) < 4.78 is 12.5. The van der Waals surface area contributed by atoms with Crippen molar-refractivity contribution in [3.63, 3.8) is 0 Å². The van der Waals surface area contributed by atoms with Crippen LogP contribution in [0, 0.1) is 0 Å². The van der Waals surface area contributed by atoms with Crippen LogP contribution in [-0.2, 0) is 0 Å². The first-order chi connectivity index (χ1) is 4.20. The largest absolute Gasteiger partial charge is 0.289 e. The molecule has 0 N–H and O–H groups in total. The van der Waals surface area contributed by atoms with E-state index < -0.39 is 6.17 Å². The first kappa shape index (κ1) is 7.35. The Morgan fingerprint density at radius 3 is 2.67 bits per heavy atom. The molecule has 54 valence electrons. The molecule has 0 radical (unpaired) electrons. The Labute approximate surface area is 60.6 Å². The monoisotopic (exact) mass is 149 g/mol. The predicted octanol–water partition coefficient (Wildman–Crippen LogP) is 1.31. The summed E-state index contributed by atoms with van der Waals surface area (Å²) in [7, 11) is 0. The molecule has 1 aliphatic rings. The van der Waals surface area contributed by atoms with Crippen LogP contribution in [0.15, 0.2) is 0 Å². The fourth-order valence-corrected chi connectivity index (χ4v) is 1.29. The van der Waals surface area contributed by atoms with Crippen molar-refractivity contribution in [1.82, 2.24) is 4.90 Å². The van der Waals surface area contributed by atoms with Crippen molar-refractivity contribution in [2.45, 2.75) is 24.9 Å². The smallest absolute Gasteiger partial charge is 0.114 e. The molecule has 0 bridgehead atoms. The van der Waals surface area contributed by atoms with Gasteiger partial charge in [0.05, 0.1) is 0 Å². The fraction of sp³-hybridized carbons (Fsp3) is 1.00. The van der Waals surface area contributed by atoms with Crippen LogP contribution in [0.2, 0.25) is 0 Å². The minimum atomic E-state index is -0.611. The average Bonchev–Trinajstić information content (AvgIpc) is 2.14. The number of nitrogens with zero attached hydrogens (tertiary/aromatic N) is 1. The molecular formula is C6H12FNS. The molecule has 0 aromatic rings. The second kappa shape index (κ2) is 2.88. The van der Waals surface area contributed by atoms with Crippen molar-refractivity contribution >= 4 is 12.6 Å². The van der Waals surface area contributed by atoms with Crippen LogP contribution in [-0.4, -0.2) is 29.5 Å². The Morgan fingerprint density at radius 1 is 1.78 bits per heavy atom. The topological polar surface area (TPSA) is 3.24 Å². The van der Waals surface area contributed by atoms with Crippen molar-refractivity contribution < 1.29 is 4.39 Å². The van der Waals surface area contributed by atoms with Crippen LogP contribution >= 0.6 is 12.6 Å². The van der Waals surface area contributed by atoms with Gasteiger partial charge >= 0.3 is 0 Å². The lowest BCUT2D eigenvalue weighted by molar-refractivity contribution is 0.284. The maximum Gasteiger partial charge on any atom is 0.114 e. The number of thiol groups is 1. The van der Waals surface area contributed by atoms with Gasteiger partial charge in [0.2, 0.25) is 0 Å². The van der Waals surface area contributed by atoms with Gasteiger partial charge in [-0.05, 0) is 13.3 Å². The molecule has 1 aliphatic heterocycles. The summed E-state index contributed by atoms with van der Waals surface area (Å²) in [5.74, 6) is 0. The molecule has 0 aromatic carbocycles. The summed E-state index contributed by atoms with van der Waals surface area (Å²) in [5.41, 5.74) is 0. The third kappa shape index (κ3) is 1.83. The zero-order valence-electron chi connectivity index (χ0n) is 5.55. The molecule has 0 aromatic heterocycles. The van der Waals surface area contributed by atoms with E-state index in [1.165, 1.54) is 0 Å². The average molecular weight is 149 g/mol. The fourth-order valence-electron chi connectivity index (χ4n) is 1.08. The molecule has 3 heteroatoms. The number of rotatable bonds is 1. The van der Waals surface area contributed by atoms with Crippen LogP contribution < -0.4 is 0 Å². The molecule has 1 heterocycles. The molecule has 0 amide bonds. The molecule has 9 heavy (non-hydrogen) atoms. The van der Waals surface area contributed by atoms with Crippen LogP contribution in [0.5, 0.6) is 0 Å². The van der Waals surface area contributed by atoms with E-state index in [0.717, 1.165) is 6.54 Å². The molecule has 1 saturated heterocycles. The van der Waals surface area contributed by atoms with E-state index in [-0.39, 0.29) is 5.37 Å². The van der Waals surface area contributed by atoms with Gasteiger partial charge in [0.15, 0.2) is 0 Å². The lowest BCUT2D eigenvalue weighted by Gasteiger charge is -2.17. The van der Waals surface area contributed by atoms with E-state index in [4.69, 9.17) is 0 Å². The Kier molecular flexibility index (Phi) is 2.35. The third-order valence-electron chi connectivity index (χ3n) is 1.69. The van der Waals surface area contributed by atoms with Gasteiger partial charge < -0.3 is 0 Å². The number of alkyl halides is 1. The van der Waals surface area contributed by atoms with E-state index >= 15 is 0 Å². The minimum absolute atomic E-state index is 0.214. The SMILES string of the molecule is CC(S)N1CC[C@@H](F)C1. The quantitative estimate of drug-likeness (QED) is 0.550. The standard InChI is InChI=1S/C6H12FNS/c1-5(9)8-3-2-6(7)4-8/h5-6,9H,2-4H2,1H3/t5?,6-/m1/s1. The molecule has 2 atom stereocenters. The van der Waals surface area contributed by atoms with Crippen molar-refractivity contribution in [2.24, 2.45) is 0 Å². The van der Waals surface area contributed by atoms with Crippen molar-refractivity contribution in [2.75, 3.05) is 13.1 Å². The number of hydrogen-bond donors (Lipinski definition) is 1. The summed E-state index contributed by atoms with van der Waals surface area (Å²) in [6, 6.07) is 0. The third-order valence-corrected chi connectivity index (χ3v) is 2.02. The number of hydrogen-bond acceptors (Lipinski definition) is 2. The Balaban J connectivity index is 2.30. The minimum Gasteiger partial charge on any atom is -0.289 e. The summed E-state index contributed by atoms with van der Waals surface area (Å²) in [5, 5.41) is 0.214. The van der Waals surface area contributed by atoms with Crippen molar-refractivity contribution in [3.05, 3.63) is 0 Å². The maximum absolute atomic E-state index is 12.5. The first-order valence-corrected chi connectivity index (χ1v) is 3.78. The molecule has 0 saturated carbocycles. The Hall–Kier alpha value is 0.240. The van der Waals surface area contributed by atoms with Gasteiger partial charge in [0.1, 0.15) is 6.17 Å². The maximum atomic E-state index is 12.5. The molecule has 0 aliphatic carbocycles. The molecular weight excluding hydrogens is 137 g/mol. The van der Waals surface area contributed by atoms with Gasteiger partial charge in [0.25, 0.3) is 0 Å². The van der Waals surface area contributed by atoms with Crippen LogP contribution in [0.25, 0.3) is 0 Å². The van der Waals surface area contributed by atoms with E-state index in [1.54, 1.807) is 0 Å². The van der Waals surface area contributed by atoms with Gasteiger partial charge in [-0.15, -0.1) is 0 Å². The van der Waals surface area contributed by atoms with Crippen LogP contribution in [0.1, 0.15) is 13.3 Å². The van der Waals surface area contributed by atoms with E-state index in [0.29, 0.717) is 13.0 Å². The second-order valence-electron chi connectivity index (χ2n) is 2.51. The number of halogens is 1.